The third kappa shape index (κ3) is 5.24. The van der Waals surface area contributed by atoms with Crippen LogP contribution in [0, 0.1) is 11.3 Å². The minimum atomic E-state index is -0.467. The second-order valence-electron chi connectivity index (χ2n) is 8.63. The molecule has 5 rings (SSSR count). The van der Waals surface area contributed by atoms with E-state index in [4.69, 9.17) is 4.74 Å². The molecule has 0 spiro atoms. The minimum absolute atomic E-state index is 0.0103. The van der Waals surface area contributed by atoms with E-state index in [2.05, 4.69) is 32.3 Å². The van der Waals surface area contributed by atoms with Crippen LogP contribution in [0.4, 0.5) is 17.3 Å². The first-order chi connectivity index (χ1) is 18.0. The summed E-state index contributed by atoms with van der Waals surface area (Å²) in [6, 6.07) is 10.7. The van der Waals surface area contributed by atoms with Crippen LogP contribution in [-0.4, -0.2) is 43.4 Å². The van der Waals surface area contributed by atoms with Gasteiger partial charge in [-0.1, -0.05) is 18.7 Å². The van der Waals surface area contributed by atoms with Crippen molar-refractivity contribution in [1.82, 2.24) is 24.3 Å². The van der Waals surface area contributed by atoms with E-state index in [9.17, 15) is 14.9 Å². The van der Waals surface area contributed by atoms with Gasteiger partial charge in [-0.05, 0) is 42.7 Å². The van der Waals surface area contributed by atoms with Crippen molar-refractivity contribution in [2.24, 2.45) is 0 Å². The molecule has 0 aliphatic carbocycles. The van der Waals surface area contributed by atoms with Gasteiger partial charge < -0.3 is 15.4 Å². The Bertz CT molecular complexity index is 1580. The molecule has 11 nitrogen and oxygen atoms in total. The maximum Gasteiger partial charge on any atom is 0.270 e. The molecular formula is C26H24N8O3. The van der Waals surface area contributed by atoms with Crippen molar-refractivity contribution in [3.05, 3.63) is 83.1 Å². The Balaban J connectivity index is 1.47. The third-order valence-corrected chi connectivity index (χ3v) is 6.04. The first-order valence-corrected chi connectivity index (χ1v) is 11.8. The number of ether oxygens (including phenoxy) is 1. The highest BCUT2D eigenvalue weighted by molar-refractivity contribution is 5.98. The molecule has 1 atom stereocenters. The maximum atomic E-state index is 13.1. The number of hydrogen-bond donors (Lipinski definition) is 2. The van der Waals surface area contributed by atoms with Crippen molar-refractivity contribution in [3.8, 4) is 6.07 Å². The zero-order valence-corrected chi connectivity index (χ0v) is 19.9. The molecule has 1 saturated heterocycles. The summed E-state index contributed by atoms with van der Waals surface area (Å²) in [6.07, 6.45) is 8.31. The number of fused-ring (bicyclic) bond motifs is 1. The van der Waals surface area contributed by atoms with E-state index in [1.54, 1.807) is 30.6 Å². The second-order valence-corrected chi connectivity index (χ2v) is 8.63. The summed E-state index contributed by atoms with van der Waals surface area (Å²) < 4.78 is 8.85. The largest absolute Gasteiger partial charge is 0.379 e. The molecule has 1 fully saturated rings. The molecule has 11 heteroatoms. The smallest absolute Gasteiger partial charge is 0.270 e. The number of nitrogens with one attached hydrogen (secondary N) is 2. The first kappa shape index (κ1) is 23.9. The van der Waals surface area contributed by atoms with Gasteiger partial charge in [-0.3, -0.25) is 18.8 Å². The van der Waals surface area contributed by atoms with Crippen LogP contribution < -0.4 is 16.2 Å². The third-order valence-electron chi connectivity index (χ3n) is 6.04. The van der Waals surface area contributed by atoms with Gasteiger partial charge in [0.25, 0.3) is 5.56 Å². The van der Waals surface area contributed by atoms with Gasteiger partial charge in [0.15, 0.2) is 0 Å². The lowest BCUT2D eigenvalue weighted by Crippen LogP contribution is -2.24. The van der Waals surface area contributed by atoms with Crippen LogP contribution >= 0.6 is 0 Å². The van der Waals surface area contributed by atoms with Gasteiger partial charge in [0.1, 0.15) is 17.3 Å². The number of aromatic nitrogens is 5. The van der Waals surface area contributed by atoms with E-state index in [1.165, 1.54) is 16.7 Å². The van der Waals surface area contributed by atoms with Crippen molar-refractivity contribution >= 4 is 34.3 Å². The topological polar surface area (TPSA) is 140 Å². The van der Waals surface area contributed by atoms with Crippen LogP contribution in [0.25, 0.3) is 11.0 Å². The van der Waals surface area contributed by atoms with Crippen LogP contribution in [0.1, 0.15) is 30.0 Å². The van der Waals surface area contributed by atoms with Crippen LogP contribution in [-0.2, 0) is 16.1 Å². The monoisotopic (exact) mass is 496 g/mol. The van der Waals surface area contributed by atoms with Crippen molar-refractivity contribution in [2.75, 3.05) is 23.8 Å². The van der Waals surface area contributed by atoms with Crippen LogP contribution in [0.2, 0.25) is 0 Å². The van der Waals surface area contributed by atoms with Gasteiger partial charge in [0.2, 0.25) is 11.9 Å². The highest BCUT2D eigenvalue weighted by atomic mass is 16.5. The van der Waals surface area contributed by atoms with E-state index in [0.717, 1.165) is 25.0 Å². The van der Waals surface area contributed by atoms with Crippen LogP contribution in [0.3, 0.4) is 0 Å². The number of pyridine rings is 1. The number of benzene rings is 1. The maximum absolute atomic E-state index is 13.1. The van der Waals surface area contributed by atoms with Crippen molar-refractivity contribution in [2.45, 2.75) is 25.4 Å². The summed E-state index contributed by atoms with van der Waals surface area (Å²) >= 11 is 0. The number of carbonyl (C=O) groups excluding carboxylic acids is 1. The molecule has 3 aromatic heterocycles. The molecule has 1 aromatic carbocycles. The van der Waals surface area contributed by atoms with Gasteiger partial charge in [-0.15, -0.1) is 0 Å². The minimum Gasteiger partial charge on any atom is -0.379 e. The predicted molar refractivity (Wildman–Crippen MR) is 137 cm³/mol. The Morgan fingerprint density at radius 3 is 2.97 bits per heavy atom. The van der Waals surface area contributed by atoms with E-state index in [0.29, 0.717) is 29.0 Å². The van der Waals surface area contributed by atoms with Gasteiger partial charge in [-0.2, -0.15) is 15.3 Å². The molecule has 2 N–H and O–H groups in total. The van der Waals surface area contributed by atoms with Gasteiger partial charge in [0, 0.05) is 30.1 Å². The van der Waals surface area contributed by atoms with Crippen LogP contribution in [0.15, 0.2) is 66.4 Å². The highest BCUT2D eigenvalue weighted by Crippen LogP contribution is 2.22. The number of rotatable bonds is 7. The van der Waals surface area contributed by atoms with E-state index >= 15 is 0 Å². The zero-order chi connectivity index (χ0) is 25.8. The summed E-state index contributed by atoms with van der Waals surface area (Å²) in [6.45, 7) is 4.99. The summed E-state index contributed by atoms with van der Waals surface area (Å²) in [7, 11) is 0. The Morgan fingerprint density at radius 2 is 2.19 bits per heavy atom. The number of anilines is 3. The second kappa shape index (κ2) is 10.4. The molecule has 1 unspecified atom stereocenters. The lowest BCUT2D eigenvalue weighted by molar-refractivity contribution is -0.111. The molecule has 4 aromatic rings. The number of nitriles is 1. The summed E-state index contributed by atoms with van der Waals surface area (Å²) in [4.78, 5) is 33.8. The Morgan fingerprint density at radius 1 is 1.30 bits per heavy atom. The Labute approximate surface area is 212 Å². The zero-order valence-electron chi connectivity index (χ0n) is 19.9. The Hall–Kier alpha value is -4.82. The van der Waals surface area contributed by atoms with Crippen molar-refractivity contribution in [3.63, 3.8) is 0 Å². The van der Waals surface area contributed by atoms with Gasteiger partial charge in [0.05, 0.1) is 31.1 Å². The van der Waals surface area contributed by atoms with Crippen molar-refractivity contribution < 1.29 is 9.53 Å². The Kier molecular flexibility index (Phi) is 6.74. The molecule has 0 radical (unpaired) electrons. The fourth-order valence-electron chi connectivity index (χ4n) is 4.23. The lowest BCUT2D eigenvalue weighted by atomic mass is 10.1. The molecule has 1 aliphatic rings. The van der Waals surface area contributed by atoms with E-state index in [1.807, 2.05) is 23.0 Å². The van der Waals surface area contributed by atoms with Gasteiger partial charge in [-0.25, -0.2) is 4.98 Å². The number of nitrogens with zero attached hydrogens (tertiary/aromatic N) is 6. The lowest BCUT2D eigenvalue weighted by Gasteiger charge is -2.22. The summed E-state index contributed by atoms with van der Waals surface area (Å²) in [5.74, 6) is -0.0502. The highest BCUT2D eigenvalue weighted by Gasteiger charge is 2.17. The average molecular weight is 497 g/mol. The van der Waals surface area contributed by atoms with Crippen LogP contribution in [0.5, 0.6) is 0 Å². The quantitative estimate of drug-likeness (QED) is 0.372. The number of amides is 1. The molecule has 186 valence electrons. The molecule has 1 aliphatic heterocycles. The molecule has 1 amide bonds. The summed E-state index contributed by atoms with van der Waals surface area (Å²) in [5.41, 5.74) is 1.90. The SMILES string of the molecule is C=CC(=O)Nc1cccc(Cn2c(=O)c(C#N)cc3cnc(Nc4cnn(C5CCCOC5)c4)nc32)c1. The van der Waals surface area contributed by atoms with Crippen molar-refractivity contribution in [1.29, 1.82) is 5.26 Å². The average Bonchev–Trinajstić information content (AvgIpc) is 3.39. The fourth-order valence-corrected chi connectivity index (χ4v) is 4.23. The van der Waals surface area contributed by atoms with E-state index < -0.39 is 5.56 Å². The molecule has 4 heterocycles. The number of hydrogen-bond acceptors (Lipinski definition) is 8. The predicted octanol–water partition coefficient (Wildman–Crippen LogP) is 3.13. The normalized spacial score (nSPS) is 15.2. The number of carbonyl (C=O) groups is 1. The molecular weight excluding hydrogens is 472 g/mol. The molecule has 0 bridgehead atoms. The standard InChI is InChI=1S/C26H24N8O3/c1-2-23(35)30-20-6-3-5-17(9-20)14-33-24-19(10-18(11-27)25(33)36)12-28-26(32-24)31-21-13-29-34(15-21)22-7-4-8-37-16-22/h2-3,5-6,9-10,12-13,15,22H,1,4,7-8,14,16H2,(H,30,35)(H,28,31,32). The van der Waals surface area contributed by atoms with E-state index in [-0.39, 0.29) is 30.0 Å². The summed E-state index contributed by atoms with van der Waals surface area (Å²) in [5, 5.41) is 20.3. The molecule has 37 heavy (non-hydrogen) atoms. The first-order valence-electron chi connectivity index (χ1n) is 11.8. The fraction of sp³-hybridized carbons (Fsp3) is 0.231. The van der Waals surface area contributed by atoms with Gasteiger partial charge >= 0.3 is 0 Å². The molecule has 0 saturated carbocycles.